The number of carbonyl (C=O) groups is 2. The van der Waals surface area contributed by atoms with Crippen molar-refractivity contribution in [3.63, 3.8) is 0 Å². The molecule has 0 radical (unpaired) electrons. The zero-order valence-corrected chi connectivity index (χ0v) is 12.9. The SMILES string of the molecule is CC1CCCC(C)N1CC#CCNC(=O)C1CCC(=O)N1. The summed E-state index contributed by atoms with van der Waals surface area (Å²) in [6.45, 7) is 5.62. The highest BCUT2D eigenvalue weighted by Crippen LogP contribution is 2.21. The molecule has 21 heavy (non-hydrogen) atoms. The third-order valence-electron chi connectivity index (χ3n) is 4.43. The van der Waals surface area contributed by atoms with Crippen LogP contribution in [0.4, 0.5) is 0 Å². The average Bonchev–Trinajstić information content (AvgIpc) is 2.88. The van der Waals surface area contributed by atoms with E-state index in [1.807, 2.05) is 0 Å². The van der Waals surface area contributed by atoms with Crippen LogP contribution in [-0.2, 0) is 9.59 Å². The lowest BCUT2D eigenvalue weighted by molar-refractivity contribution is -0.125. The lowest BCUT2D eigenvalue weighted by Crippen LogP contribution is -2.43. The summed E-state index contributed by atoms with van der Waals surface area (Å²) in [6.07, 6.45) is 4.80. The smallest absolute Gasteiger partial charge is 0.243 e. The van der Waals surface area contributed by atoms with Crippen LogP contribution in [0, 0.1) is 11.8 Å². The molecule has 3 unspecified atom stereocenters. The highest BCUT2D eigenvalue weighted by Gasteiger charge is 2.26. The summed E-state index contributed by atoms with van der Waals surface area (Å²) in [5, 5.41) is 5.41. The van der Waals surface area contributed by atoms with Gasteiger partial charge in [-0.25, -0.2) is 0 Å². The second-order valence-electron chi connectivity index (χ2n) is 6.03. The molecule has 2 rings (SSSR count). The molecule has 3 atom stereocenters. The lowest BCUT2D eigenvalue weighted by Gasteiger charge is -2.37. The zero-order valence-electron chi connectivity index (χ0n) is 12.9. The van der Waals surface area contributed by atoms with Crippen molar-refractivity contribution < 1.29 is 9.59 Å². The number of likely N-dealkylation sites (tertiary alicyclic amines) is 1. The first-order valence-electron chi connectivity index (χ1n) is 7.86. The number of amides is 2. The first-order valence-corrected chi connectivity index (χ1v) is 7.86. The molecule has 0 spiro atoms. The molecule has 0 aromatic heterocycles. The van der Waals surface area contributed by atoms with Gasteiger partial charge in [0.2, 0.25) is 11.8 Å². The van der Waals surface area contributed by atoms with Crippen LogP contribution in [0.5, 0.6) is 0 Å². The second kappa shape index (κ2) is 7.46. The molecule has 0 aliphatic carbocycles. The summed E-state index contributed by atoms with van der Waals surface area (Å²) in [7, 11) is 0. The van der Waals surface area contributed by atoms with Crippen molar-refractivity contribution in [2.24, 2.45) is 0 Å². The van der Waals surface area contributed by atoms with Crippen molar-refractivity contribution in [2.45, 2.75) is 64.1 Å². The van der Waals surface area contributed by atoms with Gasteiger partial charge in [0, 0.05) is 18.5 Å². The summed E-state index contributed by atoms with van der Waals surface area (Å²) in [4.78, 5) is 25.2. The molecular formula is C16H25N3O2. The molecule has 0 saturated carbocycles. The molecule has 5 nitrogen and oxygen atoms in total. The molecule has 116 valence electrons. The van der Waals surface area contributed by atoms with E-state index in [4.69, 9.17) is 0 Å². The summed E-state index contributed by atoms with van der Waals surface area (Å²) in [5.74, 6) is 5.97. The Balaban J connectivity index is 1.69. The average molecular weight is 291 g/mol. The Bertz CT molecular complexity index is 442. The Morgan fingerprint density at radius 2 is 2.00 bits per heavy atom. The standard InChI is InChI=1S/C16H25N3O2/c1-12-6-5-7-13(2)19(12)11-4-3-10-17-16(21)14-8-9-15(20)18-14/h12-14H,5-11H2,1-2H3,(H,17,21)(H,18,20). The van der Waals surface area contributed by atoms with Gasteiger partial charge in [0.15, 0.2) is 0 Å². The molecule has 0 bridgehead atoms. The molecular weight excluding hydrogens is 266 g/mol. The predicted molar refractivity (Wildman–Crippen MR) is 81.4 cm³/mol. The van der Waals surface area contributed by atoms with E-state index in [0.29, 0.717) is 31.5 Å². The van der Waals surface area contributed by atoms with Gasteiger partial charge in [-0.2, -0.15) is 0 Å². The second-order valence-corrected chi connectivity index (χ2v) is 6.03. The first kappa shape index (κ1) is 15.8. The van der Waals surface area contributed by atoms with E-state index < -0.39 is 0 Å². The summed E-state index contributed by atoms with van der Waals surface area (Å²) in [6, 6.07) is 0.805. The maximum atomic E-state index is 11.8. The van der Waals surface area contributed by atoms with E-state index in [-0.39, 0.29) is 17.9 Å². The van der Waals surface area contributed by atoms with Gasteiger partial charge in [-0.15, -0.1) is 0 Å². The normalized spacial score (nSPS) is 29.4. The first-order chi connectivity index (χ1) is 10.1. The Morgan fingerprint density at radius 1 is 1.29 bits per heavy atom. The fourth-order valence-corrected chi connectivity index (χ4v) is 3.06. The molecule has 5 heteroatoms. The van der Waals surface area contributed by atoms with Crippen molar-refractivity contribution in [1.29, 1.82) is 0 Å². The van der Waals surface area contributed by atoms with Crippen LogP contribution in [0.25, 0.3) is 0 Å². The van der Waals surface area contributed by atoms with Crippen LogP contribution in [0.15, 0.2) is 0 Å². The molecule has 2 saturated heterocycles. The maximum absolute atomic E-state index is 11.8. The third kappa shape index (κ3) is 4.47. The predicted octanol–water partition coefficient (Wildman–Crippen LogP) is 0.648. The molecule has 2 heterocycles. The molecule has 0 aromatic rings. The summed E-state index contributed by atoms with van der Waals surface area (Å²) < 4.78 is 0. The van der Waals surface area contributed by atoms with Gasteiger partial charge < -0.3 is 10.6 Å². The molecule has 2 amide bonds. The summed E-state index contributed by atoms with van der Waals surface area (Å²) >= 11 is 0. The summed E-state index contributed by atoms with van der Waals surface area (Å²) in [5.41, 5.74) is 0. The Hall–Kier alpha value is -1.54. The Kier molecular flexibility index (Phi) is 5.63. The molecule has 2 aliphatic rings. The van der Waals surface area contributed by atoms with Gasteiger partial charge in [-0.05, 0) is 33.1 Å². The van der Waals surface area contributed by atoms with E-state index in [1.165, 1.54) is 19.3 Å². The van der Waals surface area contributed by atoms with E-state index in [9.17, 15) is 9.59 Å². The van der Waals surface area contributed by atoms with E-state index in [2.05, 4.69) is 41.2 Å². The largest absolute Gasteiger partial charge is 0.344 e. The van der Waals surface area contributed by atoms with Gasteiger partial charge in [0.25, 0.3) is 0 Å². The molecule has 0 aromatic carbocycles. The van der Waals surface area contributed by atoms with Crippen molar-refractivity contribution in [3.8, 4) is 11.8 Å². The number of nitrogens with zero attached hydrogens (tertiary/aromatic N) is 1. The lowest BCUT2D eigenvalue weighted by atomic mass is 9.98. The van der Waals surface area contributed by atoms with Gasteiger partial charge in [-0.1, -0.05) is 18.3 Å². The third-order valence-corrected chi connectivity index (χ3v) is 4.43. The minimum Gasteiger partial charge on any atom is -0.344 e. The van der Waals surface area contributed by atoms with Gasteiger partial charge in [0.05, 0.1) is 13.1 Å². The van der Waals surface area contributed by atoms with Crippen LogP contribution in [0.2, 0.25) is 0 Å². The van der Waals surface area contributed by atoms with Crippen molar-refractivity contribution in [3.05, 3.63) is 0 Å². The van der Waals surface area contributed by atoms with Gasteiger partial charge in [0.1, 0.15) is 6.04 Å². The number of rotatable bonds is 3. The topological polar surface area (TPSA) is 61.4 Å². The van der Waals surface area contributed by atoms with Crippen LogP contribution in [-0.4, -0.2) is 47.9 Å². The maximum Gasteiger partial charge on any atom is 0.243 e. The van der Waals surface area contributed by atoms with Crippen molar-refractivity contribution in [2.75, 3.05) is 13.1 Å². The van der Waals surface area contributed by atoms with Crippen LogP contribution < -0.4 is 10.6 Å². The van der Waals surface area contributed by atoms with E-state index in [0.717, 1.165) is 6.54 Å². The van der Waals surface area contributed by atoms with E-state index >= 15 is 0 Å². The number of carbonyl (C=O) groups excluding carboxylic acids is 2. The molecule has 2 aliphatic heterocycles. The number of hydrogen-bond donors (Lipinski definition) is 2. The monoisotopic (exact) mass is 291 g/mol. The highest BCUT2D eigenvalue weighted by molar-refractivity contribution is 5.90. The molecule has 2 N–H and O–H groups in total. The van der Waals surface area contributed by atoms with Gasteiger partial charge >= 0.3 is 0 Å². The zero-order chi connectivity index (χ0) is 15.2. The van der Waals surface area contributed by atoms with Crippen LogP contribution in [0.3, 0.4) is 0 Å². The number of piperidine rings is 1. The van der Waals surface area contributed by atoms with Crippen molar-refractivity contribution >= 4 is 11.8 Å². The number of nitrogens with one attached hydrogen (secondary N) is 2. The fourth-order valence-electron chi connectivity index (χ4n) is 3.06. The number of hydrogen-bond acceptors (Lipinski definition) is 3. The quantitative estimate of drug-likeness (QED) is 0.751. The highest BCUT2D eigenvalue weighted by atomic mass is 16.2. The van der Waals surface area contributed by atoms with Crippen molar-refractivity contribution in [1.82, 2.24) is 15.5 Å². The minimum atomic E-state index is -0.374. The van der Waals surface area contributed by atoms with E-state index in [1.54, 1.807) is 0 Å². The molecule has 2 fully saturated rings. The van der Waals surface area contributed by atoms with Crippen LogP contribution >= 0.6 is 0 Å². The van der Waals surface area contributed by atoms with Crippen LogP contribution in [0.1, 0.15) is 46.0 Å². The fraction of sp³-hybridized carbons (Fsp3) is 0.750. The Morgan fingerprint density at radius 3 is 2.62 bits per heavy atom. The minimum absolute atomic E-state index is 0.0469. The van der Waals surface area contributed by atoms with Gasteiger partial charge in [-0.3, -0.25) is 14.5 Å². The Labute approximate surface area is 126 Å².